The molecule has 2 N–H and O–H groups in total. The van der Waals surface area contributed by atoms with Crippen molar-refractivity contribution in [2.75, 3.05) is 25.0 Å². The summed E-state index contributed by atoms with van der Waals surface area (Å²) >= 11 is 6.03. The Bertz CT molecular complexity index is 431. The molecule has 0 aliphatic heterocycles. The largest absolute Gasteiger partial charge is 0.381 e. The minimum absolute atomic E-state index is 0.00951. The molecule has 1 aromatic rings. The summed E-state index contributed by atoms with van der Waals surface area (Å²) in [4.78, 5) is 11.9. The van der Waals surface area contributed by atoms with Crippen molar-refractivity contribution < 1.29 is 0 Å². The highest BCUT2D eigenvalue weighted by Gasteiger charge is 2.10. The SMILES string of the molecule is CCCNCCNc1cnn(C(C)C)c(=O)c1Cl. The molecule has 0 spiro atoms. The van der Waals surface area contributed by atoms with Crippen molar-refractivity contribution in [3.05, 3.63) is 21.6 Å². The molecule has 0 unspecified atom stereocenters. The van der Waals surface area contributed by atoms with E-state index in [-0.39, 0.29) is 16.6 Å². The van der Waals surface area contributed by atoms with E-state index in [1.165, 1.54) is 4.68 Å². The fourth-order valence-electron chi connectivity index (χ4n) is 1.52. The Morgan fingerprint density at radius 2 is 2.11 bits per heavy atom. The third kappa shape index (κ3) is 3.99. The smallest absolute Gasteiger partial charge is 0.287 e. The molecule has 1 heterocycles. The summed E-state index contributed by atoms with van der Waals surface area (Å²) in [5.41, 5.74) is 0.343. The molecular weight excluding hydrogens is 252 g/mol. The van der Waals surface area contributed by atoms with Crippen molar-refractivity contribution in [3.8, 4) is 0 Å². The van der Waals surface area contributed by atoms with Crippen LogP contribution in [-0.4, -0.2) is 29.4 Å². The van der Waals surface area contributed by atoms with Crippen molar-refractivity contribution in [1.82, 2.24) is 15.1 Å². The molecule has 0 atom stereocenters. The van der Waals surface area contributed by atoms with Crippen LogP contribution in [0.1, 0.15) is 33.2 Å². The average molecular weight is 273 g/mol. The summed E-state index contributed by atoms with van der Waals surface area (Å²) in [6, 6.07) is 0.00951. The van der Waals surface area contributed by atoms with Gasteiger partial charge in [0.15, 0.2) is 0 Å². The minimum atomic E-state index is -0.252. The van der Waals surface area contributed by atoms with Crippen molar-refractivity contribution >= 4 is 17.3 Å². The van der Waals surface area contributed by atoms with Crippen LogP contribution in [0.15, 0.2) is 11.0 Å². The molecule has 102 valence electrons. The Morgan fingerprint density at radius 1 is 1.39 bits per heavy atom. The van der Waals surface area contributed by atoms with Crippen LogP contribution in [0, 0.1) is 0 Å². The van der Waals surface area contributed by atoms with E-state index < -0.39 is 0 Å². The molecule has 0 saturated carbocycles. The van der Waals surface area contributed by atoms with Gasteiger partial charge in [0.2, 0.25) is 0 Å². The maximum atomic E-state index is 11.9. The van der Waals surface area contributed by atoms with E-state index in [0.717, 1.165) is 19.5 Å². The zero-order chi connectivity index (χ0) is 13.5. The van der Waals surface area contributed by atoms with Crippen molar-refractivity contribution in [2.45, 2.75) is 33.2 Å². The molecule has 1 aromatic heterocycles. The second-order valence-corrected chi connectivity index (χ2v) is 4.77. The number of nitrogens with one attached hydrogen (secondary N) is 2. The zero-order valence-corrected chi connectivity index (χ0v) is 11.9. The quantitative estimate of drug-likeness (QED) is 0.744. The Kier molecular flexibility index (Phi) is 6.15. The maximum Gasteiger partial charge on any atom is 0.287 e. The summed E-state index contributed by atoms with van der Waals surface area (Å²) in [7, 11) is 0. The molecule has 0 radical (unpaired) electrons. The maximum absolute atomic E-state index is 11.9. The molecule has 6 heteroatoms. The molecule has 0 aromatic carbocycles. The molecule has 0 aliphatic carbocycles. The van der Waals surface area contributed by atoms with E-state index in [1.54, 1.807) is 6.20 Å². The first kappa shape index (κ1) is 15.0. The number of aromatic nitrogens is 2. The molecule has 5 nitrogen and oxygen atoms in total. The van der Waals surface area contributed by atoms with Crippen molar-refractivity contribution in [2.24, 2.45) is 0 Å². The molecule has 0 saturated heterocycles. The Hall–Kier alpha value is -1.07. The first-order valence-corrected chi connectivity index (χ1v) is 6.67. The second-order valence-electron chi connectivity index (χ2n) is 4.39. The zero-order valence-electron chi connectivity index (χ0n) is 11.2. The number of halogens is 1. The van der Waals surface area contributed by atoms with Crippen LogP contribution in [-0.2, 0) is 0 Å². The molecule has 0 bridgehead atoms. The lowest BCUT2D eigenvalue weighted by molar-refractivity contribution is 0.503. The third-order valence-electron chi connectivity index (χ3n) is 2.48. The van der Waals surface area contributed by atoms with E-state index in [0.29, 0.717) is 12.2 Å². The fraction of sp³-hybridized carbons (Fsp3) is 0.667. The topological polar surface area (TPSA) is 59.0 Å². The predicted octanol–water partition coefficient (Wildman–Crippen LogP) is 1.89. The Labute approximate surface area is 113 Å². The molecule has 0 fully saturated rings. The summed E-state index contributed by atoms with van der Waals surface area (Å²) in [6.07, 6.45) is 2.70. The summed E-state index contributed by atoms with van der Waals surface area (Å²) in [5, 5.41) is 10.7. The number of hydrogen-bond acceptors (Lipinski definition) is 4. The number of hydrogen-bond donors (Lipinski definition) is 2. The summed E-state index contributed by atoms with van der Waals surface area (Å²) in [6.45, 7) is 8.44. The average Bonchev–Trinajstić information content (AvgIpc) is 2.33. The fourth-order valence-corrected chi connectivity index (χ4v) is 1.73. The highest BCUT2D eigenvalue weighted by atomic mass is 35.5. The van der Waals surface area contributed by atoms with Crippen LogP contribution in [0.5, 0.6) is 0 Å². The van der Waals surface area contributed by atoms with Crippen molar-refractivity contribution in [3.63, 3.8) is 0 Å². The first-order chi connectivity index (χ1) is 8.57. The second kappa shape index (κ2) is 7.38. The lowest BCUT2D eigenvalue weighted by atomic mass is 10.4. The third-order valence-corrected chi connectivity index (χ3v) is 2.84. The lowest BCUT2D eigenvalue weighted by Gasteiger charge is -2.12. The van der Waals surface area contributed by atoms with E-state index in [2.05, 4.69) is 22.7 Å². The minimum Gasteiger partial charge on any atom is -0.381 e. The van der Waals surface area contributed by atoms with Crippen LogP contribution in [0.2, 0.25) is 5.02 Å². The van der Waals surface area contributed by atoms with Gasteiger partial charge in [-0.15, -0.1) is 0 Å². The Balaban J connectivity index is 2.63. The van der Waals surface area contributed by atoms with Gasteiger partial charge in [-0.1, -0.05) is 18.5 Å². The van der Waals surface area contributed by atoms with Gasteiger partial charge in [-0.25, -0.2) is 4.68 Å². The van der Waals surface area contributed by atoms with Crippen molar-refractivity contribution in [1.29, 1.82) is 0 Å². The molecule has 18 heavy (non-hydrogen) atoms. The van der Waals surface area contributed by atoms with E-state index >= 15 is 0 Å². The van der Waals surface area contributed by atoms with Gasteiger partial charge in [-0.3, -0.25) is 4.79 Å². The van der Waals surface area contributed by atoms with Gasteiger partial charge in [-0.2, -0.15) is 5.10 Å². The van der Waals surface area contributed by atoms with Gasteiger partial charge in [-0.05, 0) is 26.8 Å². The highest BCUT2D eigenvalue weighted by Crippen LogP contribution is 2.15. The van der Waals surface area contributed by atoms with Gasteiger partial charge in [0.05, 0.1) is 17.9 Å². The summed E-state index contributed by atoms with van der Waals surface area (Å²) in [5.74, 6) is 0. The first-order valence-electron chi connectivity index (χ1n) is 6.29. The number of rotatable bonds is 7. The predicted molar refractivity (Wildman–Crippen MR) is 75.5 cm³/mol. The number of anilines is 1. The Morgan fingerprint density at radius 3 is 2.72 bits per heavy atom. The van der Waals surface area contributed by atoms with Gasteiger partial charge in [0.1, 0.15) is 5.02 Å². The normalized spacial score (nSPS) is 10.9. The highest BCUT2D eigenvalue weighted by molar-refractivity contribution is 6.32. The van der Waals surface area contributed by atoms with Crippen LogP contribution in [0.4, 0.5) is 5.69 Å². The van der Waals surface area contributed by atoms with Gasteiger partial charge < -0.3 is 10.6 Å². The lowest BCUT2D eigenvalue weighted by Crippen LogP contribution is -2.27. The van der Waals surface area contributed by atoms with E-state index in [9.17, 15) is 4.79 Å². The molecule has 0 aliphatic rings. The monoisotopic (exact) mass is 272 g/mol. The molecular formula is C12H21ClN4O. The van der Waals surface area contributed by atoms with Gasteiger partial charge in [0.25, 0.3) is 5.56 Å². The number of nitrogens with zero attached hydrogens (tertiary/aromatic N) is 2. The standard InChI is InChI=1S/C12H21ClN4O/c1-4-5-14-6-7-15-10-8-16-17(9(2)3)12(18)11(10)13/h8-9,14-15H,4-7H2,1-3H3. The summed E-state index contributed by atoms with van der Waals surface area (Å²) < 4.78 is 1.38. The van der Waals surface area contributed by atoms with Gasteiger partial charge in [0, 0.05) is 13.1 Å². The van der Waals surface area contributed by atoms with E-state index in [4.69, 9.17) is 11.6 Å². The van der Waals surface area contributed by atoms with Gasteiger partial charge >= 0.3 is 0 Å². The molecule has 0 amide bonds. The van der Waals surface area contributed by atoms with Crippen LogP contribution in [0.3, 0.4) is 0 Å². The van der Waals surface area contributed by atoms with E-state index in [1.807, 2.05) is 13.8 Å². The molecule has 1 rings (SSSR count). The van der Waals surface area contributed by atoms with Crippen LogP contribution < -0.4 is 16.2 Å². The van der Waals surface area contributed by atoms with Crippen LogP contribution in [0.25, 0.3) is 0 Å². The van der Waals surface area contributed by atoms with Crippen LogP contribution >= 0.6 is 11.6 Å².